The van der Waals surface area contributed by atoms with E-state index in [9.17, 15) is 9.59 Å². The first-order valence-electron chi connectivity index (χ1n) is 6.65. The van der Waals surface area contributed by atoms with Crippen LogP contribution in [0.1, 0.15) is 32.3 Å². The summed E-state index contributed by atoms with van der Waals surface area (Å²) in [6, 6.07) is 6.61. The minimum atomic E-state index is -0.934. The van der Waals surface area contributed by atoms with Crippen molar-refractivity contribution in [1.29, 1.82) is 0 Å². The molecule has 1 aromatic rings. The number of carbonyl (C=O) groups is 2. The lowest BCUT2D eigenvalue weighted by Gasteiger charge is -2.31. The lowest BCUT2D eigenvalue weighted by atomic mass is 9.85. The summed E-state index contributed by atoms with van der Waals surface area (Å²) in [7, 11) is 0. The van der Waals surface area contributed by atoms with Gasteiger partial charge in [0.15, 0.2) is 0 Å². The number of nitrogens with one attached hydrogen (secondary N) is 1. The quantitative estimate of drug-likeness (QED) is 0.798. The number of nitrogens with zero attached hydrogens (tertiary/aromatic N) is 1. The van der Waals surface area contributed by atoms with E-state index < -0.39 is 23.8 Å². The van der Waals surface area contributed by atoms with Crippen LogP contribution in [0.5, 0.6) is 0 Å². The predicted molar refractivity (Wildman–Crippen MR) is 84.9 cm³/mol. The van der Waals surface area contributed by atoms with E-state index in [1.807, 2.05) is 26.8 Å². The highest BCUT2D eigenvalue weighted by Crippen LogP contribution is 2.28. The molecule has 112 valence electrons. The summed E-state index contributed by atoms with van der Waals surface area (Å²) in [5, 5.41) is 2.67. The number of amides is 2. The number of nitrogens with two attached hydrogens (primary N) is 1. The van der Waals surface area contributed by atoms with Crippen molar-refractivity contribution in [2.24, 2.45) is 16.1 Å². The summed E-state index contributed by atoms with van der Waals surface area (Å²) in [6.45, 7) is 5.78. The normalized spacial score (nSPS) is 20.8. The Labute approximate surface area is 132 Å². The van der Waals surface area contributed by atoms with Gasteiger partial charge in [0.05, 0.1) is 6.04 Å². The minimum Gasteiger partial charge on any atom is -0.321 e. The molecule has 0 aliphatic carbocycles. The van der Waals surface area contributed by atoms with Gasteiger partial charge in [0.25, 0.3) is 5.91 Å². The second kappa shape index (κ2) is 5.69. The number of hydrogen-bond donors (Lipinski definition) is 2. The second-order valence-electron chi connectivity index (χ2n) is 6.12. The Hall–Kier alpha value is -1.53. The Balaban J connectivity index is 2.36. The molecule has 2 unspecified atom stereocenters. The van der Waals surface area contributed by atoms with Crippen molar-refractivity contribution in [3.63, 3.8) is 0 Å². The molecule has 2 rings (SSSR count). The fraction of sp³-hybridized carbons (Fsp3) is 0.400. The Morgan fingerprint density at radius 3 is 2.43 bits per heavy atom. The Kier molecular flexibility index (Phi) is 4.30. The topological polar surface area (TPSA) is 84.5 Å². The molecule has 2 atom stereocenters. The van der Waals surface area contributed by atoms with E-state index in [0.717, 1.165) is 0 Å². The van der Waals surface area contributed by atoms with Gasteiger partial charge in [0.1, 0.15) is 11.8 Å². The zero-order valence-corrected chi connectivity index (χ0v) is 13.8. The standard InChI is InChI=1S/C15H18BrN3O2/c1-15(2,3)11(17)12-18-13(20)10(14(21)19-12)8-6-4-5-7-9(8)16/h4-7,10-11H,17H2,1-3H3,(H,18,19,20,21). The van der Waals surface area contributed by atoms with Gasteiger partial charge in [-0.25, -0.2) is 0 Å². The first kappa shape index (κ1) is 15.9. The number of hydrogen-bond acceptors (Lipinski definition) is 3. The zero-order valence-electron chi connectivity index (χ0n) is 12.2. The molecule has 21 heavy (non-hydrogen) atoms. The van der Waals surface area contributed by atoms with Gasteiger partial charge in [-0.1, -0.05) is 54.9 Å². The van der Waals surface area contributed by atoms with Crippen LogP contribution in [0, 0.1) is 5.41 Å². The van der Waals surface area contributed by atoms with Crippen LogP contribution in [-0.2, 0) is 9.59 Å². The molecule has 6 heteroatoms. The fourth-order valence-corrected chi connectivity index (χ4v) is 2.58. The van der Waals surface area contributed by atoms with Crippen molar-refractivity contribution in [1.82, 2.24) is 5.32 Å². The van der Waals surface area contributed by atoms with Crippen molar-refractivity contribution in [2.75, 3.05) is 0 Å². The van der Waals surface area contributed by atoms with Crippen molar-refractivity contribution in [3.8, 4) is 0 Å². The van der Waals surface area contributed by atoms with Crippen LogP contribution in [-0.4, -0.2) is 23.7 Å². The number of amidine groups is 1. The molecule has 0 saturated heterocycles. The van der Waals surface area contributed by atoms with E-state index in [1.165, 1.54) is 0 Å². The number of rotatable bonds is 2. The SMILES string of the molecule is CC(C)(C)C(N)C1=NC(=O)C(c2ccccc2Br)C(=O)N1. The monoisotopic (exact) mass is 351 g/mol. The van der Waals surface area contributed by atoms with Crippen LogP contribution in [0.4, 0.5) is 0 Å². The molecule has 1 aliphatic rings. The van der Waals surface area contributed by atoms with Crippen molar-refractivity contribution in [3.05, 3.63) is 34.3 Å². The maximum atomic E-state index is 12.3. The lowest BCUT2D eigenvalue weighted by molar-refractivity contribution is -0.129. The summed E-state index contributed by atoms with van der Waals surface area (Å²) in [4.78, 5) is 28.6. The Bertz CT molecular complexity index is 620. The summed E-state index contributed by atoms with van der Waals surface area (Å²) in [6.07, 6.45) is 0. The smallest absolute Gasteiger partial charge is 0.264 e. The van der Waals surface area contributed by atoms with Crippen molar-refractivity contribution >= 4 is 33.6 Å². The van der Waals surface area contributed by atoms with E-state index in [0.29, 0.717) is 10.0 Å². The van der Waals surface area contributed by atoms with Crippen molar-refractivity contribution in [2.45, 2.75) is 32.7 Å². The van der Waals surface area contributed by atoms with Crippen LogP contribution in [0.15, 0.2) is 33.7 Å². The first-order chi connectivity index (χ1) is 9.71. The molecular weight excluding hydrogens is 334 g/mol. The molecule has 0 fully saturated rings. The van der Waals surface area contributed by atoms with Gasteiger partial charge >= 0.3 is 0 Å². The van der Waals surface area contributed by atoms with Gasteiger partial charge < -0.3 is 11.1 Å². The number of benzene rings is 1. The van der Waals surface area contributed by atoms with Gasteiger partial charge in [-0.2, -0.15) is 4.99 Å². The third-order valence-electron chi connectivity index (χ3n) is 3.43. The molecule has 3 N–H and O–H groups in total. The number of carbonyl (C=O) groups excluding carboxylic acids is 2. The second-order valence-corrected chi connectivity index (χ2v) is 6.98. The van der Waals surface area contributed by atoms with Crippen molar-refractivity contribution < 1.29 is 9.59 Å². The van der Waals surface area contributed by atoms with Gasteiger partial charge in [0, 0.05) is 4.47 Å². The number of aliphatic imine (C=N–C) groups is 1. The molecular formula is C15H18BrN3O2. The van der Waals surface area contributed by atoms with Crippen LogP contribution >= 0.6 is 15.9 Å². The van der Waals surface area contributed by atoms with Crippen LogP contribution in [0.2, 0.25) is 0 Å². The average Bonchev–Trinajstić information content (AvgIpc) is 2.38. The Morgan fingerprint density at radius 2 is 1.90 bits per heavy atom. The molecule has 5 nitrogen and oxygen atoms in total. The van der Waals surface area contributed by atoms with E-state index in [-0.39, 0.29) is 11.3 Å². The fourth-order valence-electron chi connectivity index (χ4n) is 2.06. The summed E-state index contributed by atoms with van der Waals surface area (Å²) >= 11 is 3.36. The molecule has 1 aromatic carbocycles. The Morgan fingerprint density at radius 1 is 1.29 bits per heavy atom. The van der Waals surface area contributed by atoms with E-state index in [4.69, 9.17) is 5.73 Å². The highest BCUT2D eigenvalue weighted by Gasteiger charge is 2.38. The molecule has 0 spiro atoms. The minimum absolute atomic E-state index is 0.237. The predicted octanol–water partition coefficient (Wildman–Crippen LogP) is 1.96. The van der Waals surface area contributed by atoms with E-state index in [2.05, 4.69) is 26.2 Å². The maximum Gasteiger partial charge on any atom is 0.264 e. The highest BCUT2D eigenvalue weighted by atomic mass is 79.9. The molecule has 2 amide bonds. The molecule has 1 aliphatic heterocycles. The molecule has 0 saturated carbocycles. The van der Waals surface area contributed by atoms with Crippen LogP contribution in [0.25, 0.3) is 0 Å². The summed E-state index contributed by atoms with van der Waals surface area (Å²) < 4.78 is 0.706. The molecule has 0 bridgehead atoms. The third-order valence-corrected chi connectivity index (χ3v) is 4.16. The lowest BCUT2D eigenvalue weighted by Crippen LogP contribution is -2.54. The van der Waals surface area contributed by atoms with Crippen LogP contribution < -0.4 is 11.1 Å². The van der Waals surface area contributed by atoms with E-state index in [1.54, 1.807) is 18.2 Å². The van der Waals surface area contributed by atoms with Gasteiger partial charge in [-0.05, 0) is 17.0 Å². The maximum absolute atomic E-state index is 12.3. The molecule has 0 aromatic heterocycles. The van der Waals surface area contributed by atoms with Gasteiger partial charge in [0.2, 0.25) is 5.91 Å². The molecule has 0 radical (unpaired) electrons. The summed E-state index contributed by atoms with van der Waals surface area (Å²) in [5.41, 5.74) is 6.36. The van der Waals surface area contributed by atoms with Crippen LogP contribution in [0.3, 0.4) is 0 Å². The number of halogens is 1. The van der Waals surface area contributed by atoms with E-state index >= 15 is 0 Å². The third kappa shape index (κ3) is 3.22. The van der Waals surface area contributed by atoms with Gasteiger partial charge in [-0.15, -0.1) is 0 Å². The summed E-state index contributed by atoms with van der Waals surface area (Å²) in [5.74, 6) is -1.57. The van der Waals surface area contributed by atoms with Gasteiger partial charge in [-0.3, -0.25) is 9.59 Å². The first-order valence-corrected chi connectivity index (χ1v) is 7.44. The molecule has 1 heterocycles. The zero-order chi connectivity index (χ0) is 15.8. The highest BCUT2D eigenvalue weighted by molar-refractivity contribution is 9.10. The average molecular weight is 352 g/mol. The largest absolute Gasteiger partial charge is 0.321 e.